The van der Waals surface area contributed by atoms with E-state index in [2.05, 4.69) is 48.8 Å². The molecule has 3 atom stereocenters. The molecule has 0 spiro atoms. The Morgan fingerprint density at radius 2 is 2.21 bits per heavy atom. The molecular formula is C16H29N3. The third kappa shape index (κ3) is 3.38. The quantitative estimate of drug-likeness (QED) is 0.877. The molecule has 19 heavy (non-hydrogen) atoms. The van der Waals surface area contributed by atoms with Gasteiger partial charge in [-0.15, -0.1) is 0 Å². The van der Waals surface area contributed by atoms with Gasteiger partial charge in [0.1, 0.15) is 5.82 Å². The molecule has 0 aromatic carbocycles. The van der Waals surface area contributed by atoms with E-state index < -0.39 is 0 Å². The molecule has 1 aliphatic carbocycles. The predicted octanol–water partition coefficient (Wildman–Crippen LogP) is 3.74. The van der Waals surface area contributed by atoms with Gasteiger partial charge in [-0.05, 0) is 38.1 Å². The SMILES string of the molecule is CCCNC1CCC(C)CC1n1ccnc1C(C)C. The van der Waals surface area contributed by atoms with Gasteiger partial charge in [0.05, 0.1) is 6.04 Å². The van der Waals surface area contributed by atoms with Crippen LogP contribution in [-0.4, -0.2) is 22.1 Å². The van der Waals surface area contributed by atoms with Gasteiger partial charge in [0, 0.05) is 24.4 Å². The molecule has 108 valence electrons. The van der Waals surface area contributed by atoms with Crippen LogP contribution in [-0.2, 0) is 0 Å². The van der Waals surface area contributed by atoms with E-state index in [9.17, 15) is 0 Å². The zero-order chi connectivity index (χ0) is 13.8. The number of hydrogen-bond acceptors (Lipinski definition) is 2. The van der Waals surface area contributed by atoms with Gasteiger partial charge in [0.2, 0.25) is 0 Å². The second-order valence-corrected chi connectivity index (χ2v) is 6.39. The summed E-state index contributed by atoms with van der Waals surface area (Å²) in [5.41, 5.74) is 0. The molecule has 0 aliphatic heterocycles. The highest BCUT2D eigenvalue weighted by molar-refractivity contribution is 5.03. The fourth-order valence-electron chi connectivity index (χ4n) is 3.28. The summed E-state index contributed by atoms with van der Waals surface area (Å²) >= 11 is 0. The molecule has 1 heterocycles. The standard InChI is InChI=1S/C16H29N3/c1-5-8-17-14-7-6-13(4)11-15(14)19-10-9-18-16(19)12(2)3/h9-10,12-15,17H,5-8,11H2,1-4H3. The molecule has 1 fully saturated rings. The average molecular weight is 263 g/mol. The summed E-state index contributed by atoms with van der Waals surface area (Å²) in [6, 6.07) is 1.19. The van der Waals surface area contributed by atoms with Crippen molar-refractivity contribution in [3.05, 3.63) is 18.2 Å². The van der Waals surface area contributed by atoms with Crippen LogP contribution in [0.5, 0.6) is 0 Å². The van der Waals surface area contributed by atoms with Gasteiger partial charge in [-0.3, -0.25) is 0 Å². The number of aromatic nitrogens is 2. The third-order valence-corrected chi connectivity index (χ3v) is 4.31. The number of imidazole rings is 1. The summed E-state index contributed by atoms with van der Waals surface area (Å²) in [7, 11) is 0. The fourth-order valence-corrected chi connectivity index (χ4v) is 3.28. The highest BCUT2D eigenvalue weighted by Crippen LogP contribution is 2.34. The van der Waals surface area contributed by atoms with Crippen LogP contribution in [0.3, 0.4) is 0 Å². The third-order valence-electron chi connectivity index (χ3n) is 4.31. The van der Waals surface area contributed by atoms with Crippen LogP contribution >= 0.6 is 0 Å². The van der Waals surface area contributed by atoms with Crippen LogP contribution < -0.4 is 5.32 Å². The maximum atomic E-state index is 4.57. The van der Waals surface area contributed by atoms with E-state index >= 15 is 0 Å². The largest absolute Gasteiger partial charge is 0.330 e. The molecule has 1 saturated carbocycles. The predicted molar refractivity (Wildman–Crippen MR) is 80.4 cm³/mol. The summed E-state index contributed by atoms with van der Waals surface area (Å²) in [5.74, 6) is 2.56. The van der Waals surface area contributed by atoms with Crippen molar-refractivity contribution in [1.82, 2.24) is 14.9 Å². The Morgan fingerprint density at radius 3 is 2.89 bits per heavy atom. The van der Waals surface area contributed by atoms with Crippen LogP contribution in [0.25, 0.3) is 0 Å². The minimum atomic E-state index is 0.499. The lowest BCUT2D eigenvalue weighted by molar-refractivity contribution is 0.211. The lowest BCUT2D eigenvalue weighted by atomic mass is 9.83. The fraction of sp³-hybridized carbons (Fsp3) is 0.812. The van der Waals surface area contributed by atoms with Crippen LogP contribution in [0, 0.1) is 5.92 Å². The Labute approximate surface area is 117 Å². The van der Waals surface area contributed by atoms with Gasteiger partial charge < -0.3 is 9.88 Å². The van der Waals surface area contributed by atoms with Crippen LogP contribution in [0.2, 0.25) is 0 Å². The summed E-state index contributed by atoms with van der Waals surface area (Å²) in [6.45, 7) is 10.2. The minimum Gasteiger partial charge on any atom is -0.330 e. The van der Waals surface area contributed by atoms with E-state index in [1.807, 2.05) is 6.20 Å². The Bertz CT molecular complexity index is 381. The van der Waals surface area contributed by atoms with Crippen molar-refractivity contribution >= 4 is 0 Å². The molecule has 1 aliphatic rings. The van der Waals surface area contributed by atoms with Crippen LogP contribution in [0.1, 0.15) is 71.2 Å². The van der Waals surface area contributed by atoms with E-state index in [-0.39, 0.29) is 0 Å². The smallest absolute Gasteiger partial charge is 0.111 e. The topological polar surface area (TPSA) is 29.9 Å². The second-order valence-electron chi connectivity index (χ2n) is 6.39. The van der Waals surface area contributed by atoms with Gasteiger partial charge >= 0.3 is 0 Å². The summed E-state index contributed by atoms with van der Waals surface area (Å²) < 4.78 is 2.44. The van der Waals surface area contributed by atoms with Crippen molar-refractivity contribution < 1.29 is 0 Å². The van der Waals surface area contributed by atoms with Crippen LogP contribution in [0.15, 0.2) is 12.4 Å². The zero-order valence-electron chi connectivity index (χ0n) is 12.9. The normalized spacial score (nSPS) is 27.9. The average Bonchev–Trinajstić information content (AvgIpc) is 2.86. The highest BCUT2D eigenvalue weighted by atomic mass is 15.1. The summed E-state index contributed by atoms with van der Waals surface area (Å²) in [4.78, 5) is 4.57. The van der Waals surface area contributed by atoms with Crippen molar-refractivity contribution in [3.63, 3.8) is 0 Å². The first-order valence-electron chi connectivity index (χ1n) is 7.89. The first-order valence-corrected chi connectivity index (χ1v) is 7.89. The monoisotopic (exact) mass is 263 g/mol. The Kier molecular flexibility index (Phi) is 5.03. The number of rotatable bonds is 5. The number of hydrogen-bond donors (Lipinski definition) is 1. The van der Waals surface area contributed by atoms with Gasteiger partial charge in [0.15, 0.2) is 0 Å². The van der Waals surface area contributed by atoms with E-state index in [1.54, 1.807) is 0 Å². The molecule has 0 bridgehead atoms. The first kappa shape index (κ1) is 14.6. The molecule has 2 rings (SSSR count). The lowest BCUT2D eigenvalue weighted by Gasteiger charge is -2.37. The Morgan fingerprint density at radius 1 is 1.42 bits per heavy atom. The second kappa shape index (κ2) is 6.56. The molecule has 3 heteroatoms. The Hall–Kier alpha value is -0.830. The van der Waals surface area contributed by atoms with E-state index in [0.717, 1.165) is 12.5 Å². The Balaban J connectivity index is 2.18. The van der Waals surface area contributed by atoms with Crippen molar-refractivity contribution in [2.75, 3.05) is 6.54 Å². The van der Waals surface area contributed by atoms with Gasteiger partial charge in [-0.25, -0.2) is 4.98 Å². The molecule has 0 saturated heterocycles. The molecule has 1 aromatic heterocycles. The lowest BCUT2D eigenvalue weighted by Crippen LogP contribution is -2.42. The maximum absolute atomic E-state index is 4.57. The maximum Gasteiger partial charge on any atom is 0.111 e. The van der Waals surface area contributed by atoms with Crippen molar-refractivity contribution in [2.45, 2.75) is 71.4 Å². The van der Waals surface area contributed by atoms with Crippen molar-refractivity contribution in [1.29, 1.82) is 0 Å². The first-order chi connectivity index (χ1) is 9.13. The van der Waals surface area contributed by atoms with Crippen molar-refractivity contribution in [3.8, 4) is 0 Å². The number of nitrogens with zero attached hydrogens (tertiary/aromatic N) is 2. The highest BCUT2D eigenvalue weighted by Gasteiger charge is 2.30. The molecular weight excluding hydrogens is 234 g/mol. The number of nitrogens with one attached hydrogen (secondary N) is 1. The molecule has 1 aromatic rings. The van der Waals surface area contributed by atoms with Crippen LogP contribution in [0.4, 0.5) is 0 Å². The molecule has 0 amide bonds. The van der Waals surface area contributed by atoms with E-state index in [1.165, 1.54) is 31.5 Å². The van der Waals surface area contributed by atoms with Gasteiger partial charge in [-0.1, -0.05) is 27.7 Å². The summed E-state index contributed by atoms with van der Waals surface area (Å²) in [5, 5.41) is 3.75. The van der Waals surface area contributed by atoms with E-state index in [4.69, 9.17) is 0 Å². The zero-order valence-corrected chi connectivity index (χ0v) is 12.9. The molecule has 3 nitrogen and oxygen atoms in total. The van der Waals surface area contributed by atoms with E-state index in [0.29, 0.717) is 18.0 Å². The van der Waals surface area contributed by atoms with Crippen molar-refractivity contribution in [2.24, 2.45) is 5.92 Å². The molecule has 3 unspecified atom stereocenters. The summed E-state index contributed by atoms with van der Waals surface area (Å²) in [6.07, 6.45) is 9.27. The minimum absolute atomic E-state index is 0.499. The van der Waals surface area contributed by atoms with Gasteiger partial charge in [-0.2, -0.15) is 0 Å². The molecule has 0 radical (unpaired) electrons. The molecule has 1 N–H and O–H groups in total. The van der Waals surface area contributed by atoms with Gasteiger partial charge in [0.25, 0.3) is 0 Å².